The van der Waals surface area contributed by atoms with Crippen LogP contribution in [-0.2, 0) is 19.7 Å². The van der Waals surface area contributed by atoms with Crippen LogP contribution in [0.15, 0.2) is 53.6 Å². The summed E-state index contributed by atoms with van der Waals surface area (Å²) >= 11 is 5.82. The Morgan fingerprint density at radius 1 is 1.09 bits per heavy atom. The van der Waals surface area contributed by atoms with Crippen LogP contribution in [0.4, 0.5) is 0 Å². The van der Waals surface area contributed by atoms with E-state index in [-0.39, 0.29) is 18.9 Å². The minimum absolute atomic E-state index is 0.121. The van der Waals surface area contributed by atoms with Crippen molar-refractivity contribution in [2.45, 2.75) is 45.9 Å². The number of likely N-dealkylation sites (tertiary alicyclic amines) is 1. The van der Waals surface area contributed by atoms with Crippen LogP contribution in [0.1, 0.15) is 46.4 Å². The molecule has 3 heterocycles. The molecule has 1 aliphatic heterocycles. The molecule has 0 radical (unpaired) electrons. The van der Waals surface area contributed by atoms with Crippen molar-refractivity contribution in [3.63, 3.8) is 0 Å². The molecule has 1 fully saturated rings. The third-order valence-electron chi connectivity index (χ3n) is 5.76. The van der Waals surface area contributed by atoms with Gasteiger partial charge in [-0.1, -0.05) is 36.2 Å². The molecule has 4 rings (SSSR count). The average Bonchev–Trinajstić information content (AvgIpc) is 2.81. The Kier molecular flexibility index (Phi) is 7.52. The van der Waals surface area contributed by atoms with Gasteiger partial charge in [0.2, 0.25) is 0 Å². The van der Waals surface area contributed by atoms with Gasteiger partial charge in [0.15, 0.2) is 5.78 Å². The van der Waals surface area contributed by atoms with Crippen LogP contribution in [0.3, 0.4) is 0 Å². The summed E-state index contributed by atoms with van der Waals surface area (Å²) in [5.41, 5.74) is 3.01. The summed E-state index contributed by atoms with van der Waals surface area (Å²) in [7, 11) is 0. The van der Waals surface area contributed by atoms with Gasteiger partial charge in [-0.25, -0.2) is 4.68 Å². The first kappa shape index (κ1) is 23.1. The van der Waals surface area contributed by atoms with Crippen LogP contribution < -0.4 is 10.3 Å². The van der Waals surface area contributed by atoms with Gasteiger partial charge in [0, 0.05) is 24.4 Å². The number of hydrogen-bond donors (Lipinski definition) is 0. The molecule has 3 aromatic rings. The van der Waals surface area contributed by atoms with Crippen LogP contribution >= 0.6 is 11.6 Å². The van der Waals surface area contributed by atoms with E-state index in [4.69, 9.17) is 16.3 Å². The number of carbonyl (C=O) groups is 1. The fraction of sp³-hybridized carbons (Fsp3) is 0.360. The Morgan fingerprint density at radius 2 is 1.91 bits per heavy atom. The van der Waals surface area contributed by atoms with Gasteiger partial charge in [0.1, 0.15) is 18.9 Å². The van der Waals surface area contributed by atoms with Gasteiger partial charge in [-0.05, 0) is 56.1 Å². The Bertz CT molecular complexity index is 1170. The quantitative estimate of drug-likeness (QED) is 0.466. The lowest BCUT2D eigenvalue weighted by atomic mass is 10.0. The molecule has 0 aliphatic carbocycles. The molecular formula is C25H27ClN4O3. The van der Waals surface area contributed by atoms with Crippen molar-refractivity contribution in [3.05, 3.63) is 86.6 Å². The summed E-state index contributed by atoms with van der Waals surface area (Å²) in [5, 5.41) is 4.65. The number of Topliss-reactive ketones (excluding diaryl/α,β-unsaturated/α-hetero) is 1. The first-order valence-corrected chi connectivity index (χ1v) is 11.5. The Morgan fingerprint density at radius 3 is 2.61 bits per heavy atom. The summed E-state index contributed by atoms with van der Waals surface area (Å²) in [6.45, 7) is 5.16. The van der Waals surface area contributed by atoms with Crippen LogP contribution in [-0.4, -0.2) is 38.5 Å². The maximum atomic E-state index is 12.9. The first-order chi connectivity index (χ1) is 16.0. The molecule has 0 spiro atoms. The number of piperidine rings is 1. The zero-order valence-corrected chi connectivity index (χ0v) is 19.4. The summed E-state index contributed by atoms with van der Waals surface area (Å²) in [4.78, 5) is 31.9. The lowest BCUT2D eigenvalue weighted by Gasteiger charge is -2.26. The number of nitrogens with zero attached hydrogens (tertiary/aromatic N) is 4. The summed E-state index contributed by atoms with van der Waals surface area (Å²) in [5.74, 6) is 0.171. The highest BCUT2D eigenvalue weighted by atomic mass is 35.5. The zero-order valence-electron chi connectivity index (χ0n) is 18.7. The Balaban J connectivity index is 1.37. The monoisotopic (exact) mass is 466 g/mol. The van der Waals surface area contributed by atoms with E-state index < -0.39 is 5.56 Å². The molecule has 0 bridgehead atoms. The van der Waals surface area contributed by atoms with Gasteiger partial charge in [-0.15, -0.1) is 0 Å². The van der Waals surface area contributed by atoms with Crippen LogP contribution in [0, 0.1) is 6.92 Å². The molecule has 0 unspecified atom stereocenters. The largest absolute Gasteiger partial charge is 0.485 e. The lowest BCUT2D eigenvalue weighted by Crippen LogP contribution is -2.29. The number of aromatic nitrogens is 3. The second-order valence-electron chi connectivity index (χ2n) is 8.35. The third kappa shape index (κ3) is 6.27. The smallest absolute Gasteiger partial charge is 0.270 e. The fourth-order valence-corrected chi connectivity index (χ4v) is 4.11. The topological polar surface area (TPSA) is 77.3 Å². The SMILES string of the molecule is Cc1cc(CN2CCCCC2)ccc1C(=O)Cn1ncc(OCc2ccc(Cl)cn2)cc1=O. The second-order valence-corrected chi connectivity index (χ2v) is 8.79. The summed E-state index contributed by atoms with van der Waals surface area (Å²) in [6, 6.07) is 10.7. The van der Waals surface area contributed by atoms with E-state index >= 15 is 0 Å². The molecule has 2 aromatic heterocycles. The van der Waals surface area contributed by atoms with Gasteiger partial charge in [-0.3, -0.25) is 19.5 Å². The van der Waals surface area contributed by atoms with Crippen molar-refractivity contribution in [2.75, 3.05) is 13.1 Å². The van der Waals surface area contributed by atoms with E-state index in [1.807, 2.05) is 19.1 Å². The number of pyridine rings is 1. The molecule has 33 heavy (non-hydrogen) atoms. The van der Waals surface area contributed by atoms with E-state index in [1.54, 1.807) is 12.1 Å². The predicted octanol–water partition coefficient (Wildman–Crippen LogP) is 4.05. The predicted molar refractivity (Wildman–Crippen MR) is 127 cm³/mol. The van der Waals surface area contributed by atoms with Crippen molar-refractivity contribution < 1.29 is 9.53 Å². The van der Waals surface area contributed by atoms with E-state index in [0.717, 1.165) is 29.9 Å². The molecule has 1 aromatic carbocycles. The molecule has 0 atom stereocenters. The first-order valence-electron chi connectivity index (χ1n) is 11.1. The number of halogens is 1. The Labute approximate surface area is 198 Å². The summed E-state index contributed by atoms with van der Waals surface area (Å²) < 4.78 is 6.73. The van der Waals surface area contributed by atoms with Crippen molar-refractivity contribution in [1.82, 2.24) is 19.7 Å². The van der Waals surface area contributed by atoms with Crippen molar-refractivity contribution in [2.24, 2.45) is 0 Å². The van der Waals surface area contributed by atoms with Crippen molar-refractivity contribution in [1.29, 1.82) is 0 Å². The van der Waals surface area contributed by atoms with Gasteiger partial charge >= 0.3 is 0 Å². The lowest BCUT2D eigenvalue weighted by molar-refractivity contribution is 0.0964. The number of ketones is 1. The number of rotatable bonds is 8. The van der Waals surface area contributed by atoms with Gasteiger partial charge in [0.05, 0.1) is 16.9 Å². The van der Waals surface area contributed by atoms with Gasteiger partial charge in [-0.2, -0.15) is 5.10 Å². The molecule has 0 saturated carbocycles. The number of benzene rings is 1. The minimum atomic E-state index is -0.399. The normalized spacial score (nSPS) is 14.2. The van der Waals surface area contributed by atoms with Crippen molar-refractivity contribution in [3.8, 4) is 5.75 Å². The van der Waals surface area contributed by atoms with Crippen molar-refractivity contribution >= 4 is 17.4 Å². The molecular weight excluding hydrogens is 440 g/mol. The van der Waals surface area contributed by atoms with E-state index in [0.29, 0.717) is 22.0 Å². The van der Waals surface area contributed by atoms with E-state index in [2.05, 4.69) is 21.0 Å². The highest BCUT2D eigenvalue weighted by Gasteiger charge is 2.15. The van der Waals surface area contributed by atoms with Crippen LogP contribution in [0.2, 0.25) is 5.02 Å². The van der Waals surface area contributed by atoms with Gasteiger partial charge < -0.3 is 4.74 Å². The fourth-order valence-electron chi connectivity index (χ4n) is 4.00. The van der Waals surface area contributed by atoms with Gasteiger partial charge in [0.25, 0.3) is 5.56 Å². The van der Waals surface area contributed by atoms with Crippen LogP contribution in [0.5, 0.6) is 5.75 Å². The number of ether oxygens (including phenoxy) is 1. The molecule has 1 saturated heterocycles. The average molecular weight is 467 g/mol. The highest BCUT2D eigenvalue weighted by molar-refractivity contribution is 6.30. The molecule has 172 valence electrons. The number of carbonyl (C=O) groups excluding carboxylic acids is 1. The highest BCUT2D eigenvalue weighted by Crippen LogP contribution is 2.17. The van der Waals surface area contributed by atoms with E-state index in [1.165, 1.54) is 43.3 Å². The van der Waals surface area contributed by atoms with E-state index in [9.17, 15) is 9.59 Å². The number of hydrogen-bond acceptors (Lipinski definition) is 6. The molecule has 0 N–H and O–H groups in total. The maximum absolute atomic E-state index is 12.9. The van der Waals surface area contributed by atoms with Crippen LogP contribution in [0.25, 0.3) is 0 Å². The standard InChI is InChI=1S/C25H27ClN4O3/c1-18-11-19(15-29-9-3-2-4-10-29)5-8-23(18)24(31)16-30-25(32)12-22(14-28-30)33-17-21-7-6-20(26)13-27-21/h5-8,11-14H,2-4,9-10,15-17H2,1H3. The zero-order chi connectivity index (χ0) is 23.2. The molecule has 0 amide bonds. The molecule has 7 nitrogen and oxygen atoms in total. The molecule has 8 heteroatoms. The number of aryl methyl sites for hydroxylation is 1. The maximum Gasteiger partial charge on any atom is 0.270 e. The molecule has 1 aliphatic rings. The minimum Gasteiger partial charge on any atom is -0.485 e. The summed E-state index contributed by atoms with van der Waals surface area (Å²) in [6.07, 6.45) is 6.77. The Hall–Kier alpha value is -3.03. The third-order valence-corrected chi connectivity index (χ3v) is 5.98. The second kappa shape index (κ2) is 10.7.